The minimum Gasteiger partial charge on any atom is -0.444 e. The van der Waals surface area contributed by atoms with Gasteiger partial charge in [-0.2, -0.15) is 0 Å². The van der Waals surface area contributed by atoms with Gasteiger partial charge in [-0.05, 0) is 104 Å². The number of carbonyl (C=O) groups excluding carboxylic acids is 1. The highest BCUT2D eigenvalue weighted by Crippen LogP contribution is 2.34. The van der Waals surface area contributed by atoms with Crippen molar-refractivity contribution in [3.63, 3.8) is 0 Å². The van der Waals surface area contributed by atoms with Crippen molar-refractivity contribution in [3.8, 4) is 11.1 Å². The number of ether oxygens (including phenoxy) is 1. The van der Waals surface area contributed by atoms with Gasteiger partial charge in [0, 0.05) is 6.54 Å². The molecular weight excluding hydrogens is 458 g/mol. The second-order valence-corrected chi connectivity index (χ2v) is 11.1. The van der Waals surface area contributed by atoms with E-state index in [4.69, 9.17) is 9.72 Å². The van der Waals surface area contributed by atoms with Crippen LogP contribution in [0.5, 0.6) is 0 Å². The van der Waals surface area contributed by atoms with Crippen molar-refractivity contribution in [2.24, 2.45) is 0 Å². The van der Waals surface area contributed by atoms with Gasteiger partial charge < -0.3 is 9.72 Å². The molecule has 5 nitrogen and oxygen atoms in total. The van der Waals surface area contributed by atoms with Gasteiger partial charge in [0.15, 0.2) is 0 Å². The van der Waals surface area contributed by atoms with Gasteiger partial charge in [-0.1, -0.05) is 48.6 Å². The van der Waals surface area contributed by atoms with Crippen molar-refractivity contribution in [2.45, 2.75) is 58.1 Å². The fourth-order valence-electron chi connectivity index (χ4n) is 5.39. The van der Waals surface area contributed by atoms with E-state index in [0.717, 1.165) is 48.1 Å². The summed E-state index contributed by atoms with van der Waals surface area (Å²) in [5.74, 6) is 0.826. The number of imidazole rings is 1. The normalized spacial score (nSPS) is 18.0. The zero-order valence-electron chi connectivity index (χ0n) is 21.8. The van der Waals surface area contributed by atoms with Crippen molar-refractivity contribution in [1.82, 2.24) is 14.9 Å². The van der Waals surface area contributed by atoms with Gasteiger partial charge in [0.05, 0.1) is 17.1 Å². The van der Waals surface area contributed by atoms with Crippen LogP contribution in [0.4, 0.5) is 4.79 Å². The van der Waals surface area contributed by atoms with E-state index in [2.05, 4.69) is 77.8 Å². The van der Waals surface area contributed by atoms with Crippen molar-refractivity contribution < 1.29 is 9.53 Å². The monoisotopic (exact) mass is 491 g/mol. The van der Waals surface area contributed by atoms with E-state index in [1.165, 1.54) is 27.5 Å². The molecule has 1 saturated heterocycles. The molecule has 2 heterocycles. The second-order valence-electron chi connectivity index (χ2n) is 11.1. The number of nitrogens with one attached hydrogen (secondary N) is 1. The molecule has 1 aliphatic heterocycles. The number of aromatic nitrogens is 2. The van der Waals surface area contributed by atoms with E-state index in [0.29, 0.717) is 6.54 Å². The van der Waals surface area contributed by atoms with Crippen LogP contribution >= 0.6 is 0 Å². The SMILES string of the molecule is CC(C)(C)OC(=O)N1CCCC1c1nc2ccc(-c3ccc4cc(C5=CCCC=C5)ccc4c3)cc2[nH]1. The van der Waals surface area contributed by atoms with Crippen LogP contribution in [-0.4, -0.2) is 33.1 Å². The second kappa shape index (κ2) is 9.22. The van der Waals surface area contributed by atoms with Crippen LogP contribution in [0.25, 0.3) is 38.5 Å². The van der Waals surface area contributed by atoms with Crippen LogP contribution < -0.4 is 0 Å². The number of H-pyrrole nitrogens is 1. The van der Waals surface area contributed by atoms with Crippen molar-refractivity contribution in [2.75, 3.05) is 6.54 Å². The predicted octanol–water partition coefficient (Wildman–Crippen LogP) is 8.19. The standard InChI is InChI=1S/C32H33N3O2/c1-32(2,3)37-31(36)35-17-7-10-29(35)30-33-27-16-15-26(20-28(27)34-30)25-14-13-23-18-22(11-12-24(23)19-25)21-8-5-4-6-9-21/h5,8-9,11-16,18-20,29H,4,6-7,10,17H2,1-3H3,(H,33,34). The van der Waals surface area contributed by atoms with Gasteiger partial charge >= 0.3 is 6.09 Å². The third-order valence-electron chi connectivity index (χ3n) is 7.20. The lowest BCUT2D eigenvalue weighted by atomic mass is 9.95. The Hall–Kier alpha value is -3.86. The first-order valence-electron chi connectivity index (χ1n) is 13.2. The summed E-state index contributed by atoms with van der Waals surface area (Å²) in [5.41, 5.74) is 6.27. The van der Waals surface area contributed by atoms with Gasteiger partial charge in [-0.25, -0.2) is 9.78 Å². The number of likely N-dealkylation sites (tertiary alicyclic amines) is 1. The van der Waals surface area contributed by atoms with Crippen LogP contribution in [-0.2, 0) is 4.74 Å². The molecule has 4 aromatic rings. The molecule has 0 saturated carbocycles. The Bertz CT molecular complexity index is 1550. The summed E-state index contributed by atoms with van der Waals surface area (Å²) < 4.78 is 5.64. The summed E-state index contributed by atoms with van der Waals surface area (Å²) in [7, 11) is 0. The highest BCUT2D eigenvalue weighted by Gasteiger charge is 2.35. The molecule has 0 spiro atoms. The molecule has 1 aromatic heterocycles. The van der Waals surface area contributed by atoms with Gasteiger partial charge in [-0.15, -0.1) is 0 Å². The largest absolute Gasteiger partial charge is 0.444 e. The maximum Gasteiger partial charge on any atom is 0.410 e. The molecule has 1 N–H and O–H groups in total. The van der Waals surface area contributed by atoms with Gasteiger partial charge in [0.2, 0.25) is 0 Å². The van der Waals surface area contributed by atoms with Gasteiger partial charge in [0.1, 0.15) is 11.4 Å². The van der Waals surface area contributed by atoms with Crippen molar-refractivity contribution >= 4 is 33.5 Å². The average Bonchev–Trinajstić information content (AvgIpc) is 3.54. The van der Waals surface area contributed by atoms with E-state index in [1.54, 1.807) is 4.90 Å². The summed E-state index contributed by atoms with van der Waals surface area (Å²) >= 11 is 0. The summed E-state index contributed by atoms with van der Waals surface area (Å²) in [6, 6.07) is 19.6. The third-order valence-corrected chi connectivity index (χ3v) is 7.20. The minimum atomic E-state index is -0.515. The zero-order chi connectivity index (χ0) is 25.6. The molecule has 37 heavy (non-hydrogen) atoms. The number of hydrogen-bond donors (Lipinski definition) is 1. The first-order valence-corrected chi connectivity index (χ1v) is 13.2. The highest BCUT2D eigenvalue weighted by atomic mass is 16.6. The van der Waals surface area contributed by atoms with E-state index in [1.807, 2.05) is 20.8 Å². The molecule has 3 aromatic carbocycles. The average molecular weight is 492 g/mol. The molecule has 1 atom stereocenters. The quantitative estimate of drug-likeness (QED) is 0.314. The molecular formula is C32H33N3O2. The Labute approximate surface area is 217 Å². The fourth-order valence-corrected chi connectivity index (χ4v) is 5.39. The van der Waals surface area contributed by atoms with E-state index < -0.39 is 5.60 Å². The number of hydrogen-bond acceptors (Lipinski definition) is 3. The van der Waals surface area contributed by atoms with E-state index in [-0.39, 0.29) is 12.1 Å². The lowest BCUT2D eigenvalue weighted by Crippen LogP contribution is -2.36. The van der Waals surface area contributed by atoms with Crippen LogP contribution in [0.1, 0.15) is 63.9 Å². The summed E-state index contributed by atoms with van der Waals surface area (Å²) in [5, 5.41) is 2.47. The number of allylic oxidation sites excluding steroid dienone is 4. The number of aromatic amines is 1. The number of fused-ring (bicyclic) bond motifs is 2. The minimum absolute atomic E-state index is 0.0883. The molecule has 0 radical (unpaired) electrons. The first-order chi connectivity index (χ1) is 17.8. The number of rotatable bonds is 3. The lowest BCUT2D eigenvalue weighted by Gasteiger charge is -2.27. The fraction of sp³-hybridized carbons (Fsp3) is 0.312. The molecule has 6 rings (SSSR count). The molecule has 188 valence electrons. The Kier molecular flexibility index (Phi) is 5.86. The van der Waals surface area contributed by atoms with Crippen LogP contribution in [0.3, 0.4) is 0 Å². The Morgan fingerprint density at radius 1 is 0.973 bits per heavy atom. The number of nitrogens with zero attached hydrogens (tertiary/aromatic N) is 2. The Balaban J connectivity index is 1.27. The molecule has 1 unspecified atom stereocenters. The molecule has 5 heteroatoms. The zero-order valence-corrected chi connectivity index (χ0v) is 21.8. The number of benzene rings is 3. The summed E-state index contributed by atoms with van der Waals surface area (Å²) in [6.45, 7) is 6.39. The van der Waals surface area contributed by atoms with Gasteiger partial charge in [-0.3, -0.25) is 4.90 Å². The molecule has 1 aliphatic carbocycles. The molecule has 0 bridgehead atoms. The van der Waals surface area contributed by atoms with Crippen molar-refractivity contribution in [3.05, 3.63) is 84.2 Å². The predicted molar refractivity (Wildman–Crippen MR) is 150 cm³/mol. The first kappa shape index (κ1) is 23.5. The van der Waals surface area contributed by atoms with E-state index >= 15 is 0 Å². The van der Waals surface area contributed by atoms with Crippen LogP contribution in [0.2, 0.25) is 0 Å². The van der Waals surface area contributed by atoms with Crippen LogP contribution in [0.15, 0.2) is 72.8 Å². The van der Waals surface area contributed by atoms with Crippen LogP contribution in [0, 0.1) is 0 Å². The molecule has 1 amide bonds. The molecule has 1 fully saturated rings. The Morgan fingerprint density at radius 3 is 2.46 bits per heavy atom. The smallest absolute Gasteiger partial charge is 0.410 e. The number of carbonyl (C=O) groups is 1. The number of amides is 1. The summed E-state index contributed by atoms with van der Waals surface area (Å²) in [4.78, 5) is 22.9. The lowest BCUT2D eigenvalue weighted by molar-refractivity contribution is 0.0219. The van der Waals surface area contributed by atoms with Crippen molar-refractivity contribution in [1.29, 1.82) is 0 Å². The highest BCUT2D eigenvalue weighted by molar-refractivity contribution is 5.92. The topological polar surface area (TPSA) is 58.2 Å². The van der Waals surface area contributed by atoms with E-state index in [9.17, 15) is 4.79 Å². The maximum atomic E-state index is 12.8. The Morgan fingerprint density at radius 2 is 1.70 bits per heavy atom. The van der Waals surface area contributed by atoms with Gasteiger partial charge in [0.25, 0.3) is 0 Å². The third kappa shape index (κ3) is 4.78. The molecule has 2 aliphatic rings. The summed E-state index contributed by atoms with van der Waals surface area (Å²) in [6.07, 6.45) is 10.6. The maximum absolute atomic E-state index is 12.8.